The van der Waals surface area contributed by atoms with Crippen molar-refractivity contribution in [3.63, 3.8) is 0 Å². The standard InChI is InChI=1S/C28H21N3O2S/c1-19-9-14-24-25(16-19)34-28(30-24)31(18-20-6-5-15-29-17-20)27(33)23-12-10-22(11-13-23)26(32)21-7-3-2-4-8-21/h2-17H,18H2,1H3. The lowest BCUT2D eigenvalue weighted by Crippen LogP contribution is -2.30. The third-order valence-corrected chi connectivity index (χ3v) is 6.54. The highest BCUT2D eigenvalue weighted by Crippen LogP contribution is 2.31. The van der Waals surface area contributed by atoms with Crippen LogP contribution in [-0.4, -0.2) is 21.7 Å². The van der Waals surface area contributed by atoms with Gasteiger partial charge in [0.1, 0.15) is 0 Å². The van der Waals surface area contributed by atoms with Gasteiger partial charge in [-0.25, -0.2) is 4.98 Å². The van der Waals surface area contributed by atoms with E-state index in [1.54, 1.807) is 53.7 Å². The summed E-state index contributed by atoms with van der Waals surface area (Å²) in [5, 5.41) is 0.624. The molecule has 2 heterocycles. The van der Waals surface area contributed by atoms with Crippen molar-refractivity contribution in [3.05, 3.63) is 125 Å². The van der Waals surface area contributed by atoms with Crippen LogP contribution in [0.2, 0.25) is 0 Å². The Morgan fingerprint density at radius 1 is 0.853 bits per heavy atom. The van der Waals surface area contributed by atoms with Crippen LogP contribution >= 0.6 is 11.3 Å². The molecule has 0 bridgehead atoms. The van der Waals surface area contributed by atoms with Crippen molar-refractivity contribution in [1.82, 2.24) is 9.97 Å². The second-order valence-electron chi connectivity index (χ2n) is 7.99. The normalized spacial score (nSPS) is 10.9. The molecule has 0 aliphatic carbocycles. The average Bonchev–Trinajstić information content (AvgIpc) is 3.30. The Bertz CT molecular complexity index is 1460. The number of carbonyl (C=O) groups is 2. The Morgan fingerprint density at radius 3 is 2.32 bits per heavy atom. The van der Waals surface area contributed by atoms with Crippen molar-refractivity contribution in [1.29, 1.82) is 0 Å². The summed E-state index contributed by atoms with van der Waals surface area (Å²) in [6.07, 6.45) is 3.46. The molecule has 0 radical (unpaired) electrons. The van der Waals surface area contributed by atoms with E-state index >= 15 is 0 Å². The van der Waals surface area contributed by atoms with Crippen LogP contribution in [0.25, 0.3) is 10.2 Å². The molecular formula is C28H21N3O2S. The van der Waals surface area contributed by atoms with Gasteiger partial charge in [0.2, 0.25) is 0 Å². The fourth-order valence-corrected chi connectivity index (χ4v) is 4.77. The lowest BCUT2D eigenvalue weighted by Gasteiger charge is -2.20. The van der Waals surface area contributed by atoms with Gasteiger partial charge in [0.05, 0.1) is 16.8 Å². The minimum absolute atomic E-state index is 0.0756. The van der Waals surface area contributed by atoms with Crippen LogP contribution in [0.15, 0.2) is 97.3 Å². The van der Waals surface area contributed by atoms with Crippen LogP contribution in [0.5, 0.6) is 0 Å². The molecule has 0 atom stereocenters. The molecule has 0 saturated carbocycles. The Balaban J connectivity index is 1.48. The highest BCUT2D eigenvalue weighted by Gasteiger charge is 2.22. The molecule has 0 saturated heterocycles. The predicted molar refractivity (Wildman–Crippen MR) is 135 cm³/mol. The van der Waals surface area contributed by atoms with E-state index < -0.39 is 0 Å². The van der Waals surface area contributed by atoms with Crippen molar-refractivity contribution in [2.75, 3.05) is 4.90 Å². The molecule has 0 aliphatic heterocycles. The molecule has 5 aromatic rings. The Hall–Kier alpha value is -4.16. The van der Waals surface area contributed by atoms with Gasteiger partial charge in [-0.15, -0.1) is 0 Å². The summed E-state index contributed by atoms with van der Waals surface area (Å²) in [6, 6.07) is 25.8. The fourth-order valence-electron chi connectivity index (χ4n) is 3.71. The number of hydrogen-bond donors (Lipinski definition) is 0. The number of benzene rings is 3. The second kappa shape index (κ2) is 9.37. The molecule has 3 aromatic carbocycles. The van der Waals surface area contributed by atoms with Gasteiger partial charge in [-0.1, -0.05) is 65.9 Å². The summed E-state index contributed by atoms with van der Waals surface area (Å²) in [6.45, 7) is 2.38. The summed E-state index contributed by atoms with van der Waals surface area (Å²) in [4.78, 5) is 37.0. The van der Waals surface area contributed by atoms with Crippen LogP contribution in [0.4, 0.5) is 5.13 Å². The maximum absolute atomic E-state index is 13.6. The van der Waals surface area contributed by atoms with E-state index in [0.717, 1.165) is 21.3 Å². The third-order valence-electron chi connectivity index (χ3n) is 5.50. The number of carbonyl (C=O) groups excluding carboxylic acids is 2. The molecule has 1 amide bonds. The van der Waals surface area contributed by atoms with E-state index in [4.69, 9.17) is 4.98 Å². The van der Waals surface area contributed by atoms with Crippen LogP contribution in [0, 0.1) is 6.92 Å². The number of amides is 1. The monoisotopic (exact) mass is 463 g/mol. The van der Waals surface area contributed by atoms with E-state index in [2.05, 4.69) is 11.1 Å². The summed E-state index contributed by atoms with van der Waals surface area (Å²) >= 11 is 1.49. The number of thiazole rings is 1. The molecule has 34 heavy (non-hydrogen) atoms. The predicted octanol–water partition coefficient (Wildman–Crippen LogP) is 6.08. The Labute approximate surface area is 201 Å². The maximum Gasteiger partial charge on any atom is 0.260 e. The van der Waals surface area contributed by atoms with Crippen LogP contribution in [-0.2, 0) is 6.54 Å². The van der Waals surface area contributed by atoms with Crippen molar-refractivity contribution in [2.24, 2.45) is 0 Å². The first-order valence-corrected chi connectivity index (χ1v) is 11.7. The molecule has 5 rings (SSSR count). The topological polar surface area (TPSA) is 63.2 Å². The number of aryl methyl sites for hydroxylation is 1. The molecule has 5 nitrogen and oxygen atoms in total. The van der Waals surface area contributed by atoms with Gasteiger partial charge >= 0.3 is 0 Å². The molecule has 0 aliphatic rings. The zero-order valence-electron chi connectivity index (χ0n) is 18.5. The van der Waals surface area contributed by atoms with Crippen LogP contribution in [0.1, 0.15) is 37.4 Å². The van der Waals surface area contributed by atoms with Crippen LogP contribution in [0.3, 0.4) is 0 Å². The number of hydrogen-bond acceptors (Lipinski definition) is 5. The van der Waals surface area contributed by atoms with Gasteiger partial charge in [-0.3, -0.25) is 19.5 Å². The van der Waals surface area contributed by atoms with Crippen LogP contribution < -0.4 is 4.90 Å². The first-order chi connectivity index (χ1) is 16.6. The zero-order chi connectivity index (χ0) is 23.5. The van der Waals surface area contributed by atoms with Gasteiger partial charge in [0, 0.05) is 29.1 Å². The Kier molecular flexibility index (Phi) is 5.97. The smallest absolute Gasteiger partial charge is 0.260 e. The van der Waals surface area contributed by atoms with Gasteiger partial charge in [-0.05, 0) is 48.4 Å². The van der Waals surface area contributed by atoms with Gasteiger partial charge < -0.3 is 0 Å². The summed E-state index contributed by atoms with van der Waals surface area (Å²) in [5.41, 5.74) is 4.55. The molecule has 0 N–H and O–H groups in total. The maximum atomic E-state index is 13.6. The molecule has 0 fully saturated rings. The lowest BCUT2D eigenvalue weighted by molar-refractivity contribution is 0.0982. The van der Waals surface area contributed by atoms with Crippen molar-refractivity contribution < 1.29 is 9.59 Å². The SMILES string of the molecule is Cc1ccc2nc(N(Cc3cccnc3)C(=O)c3ccc(C(=O)c4ccccc4)cc3)sc2c1. The number of ketones is 1. The van der Waals surface area contributed by atoms with Gasteiger partial charge in [0.15, 0.2) is 10.9 Å². The summed E-state index contributed by atoms with van der Waals surface area (Å²) < 4.78 is 1.03. The second-order valence-corrected chi connectivity index (χ2v) is 9.00. The zero-order valence-corrected chi connectivity index (χ0v) is 19.3. The Morgan fingerprint density at radius 2 is 1.59 bits per heavy atom. The molecule has 0 spiro atoms. The highest BCUT2D eigenvalue weighted by molar-refractivity contribution is 7.22. The number of aromatic nitrogens is 2. The van der Waals surface area contributed by atoms with E-state index in [-0.39, 0.29) is 11.7 Å². The van der Waals surface area contributed by atoms with Gasteiger partial charge in [-0.2, -0.15) is 0 Å². The fraction of sp³-hybridized carbons (Fsp3) is 0.0714. The molecule has 166 valence electrons. The molecule has 0 unspecified atom stereocenters. The first-order valence-electron chi connectivity index (χ1n) is 10.9. The van der Waals surface area contributed by atoms with Crippen molar-refractivity contribution in [3.8, 4) is 0 Å². The number of anilines is 1. The largest absolute Gasteiger partial charge is 0.289 e. The first kappa shape index (κ1) is 21.7. The third kappa shape index (κ3) is 4.49. The molecular weight excluding hydrogens is 442 g/mol. The lowest BCUT2D eigenvalue weighted by atomic mass is 10.0. The number of nitrogens with zero attached hydrogens (tertiary/aromatic N) is 3. The van der Waals surface area contributed by atoms with Crippen molar-refractivity contribution >= 4 is 38.4 Å². The highest BCUT2D eigenvalue weighted by atomic mass is 32.1. The number of pyridine rings is 1. The van der Waals surface area contributed by atoms with E-state index in [0.29, 0.717) is 28.4 Å². The quantitative estimate of drug-likeness (QED) is 0.286. The van der Waals surface area contributed by atoms with E-state index in [9.17, 15) is 9.59 Å². The van der Waals surface area contributed by atoms with E-state index in [1.165, 1.54) is 11.3 Å². The van der Waals surface area contributed by atoms with E-state index in [1.807, 2.05) is 49.4 Å². The molecule has 6 heteroatoms. The summed E-state index contributed by atoms with van der Waals surface area (Å²) in [7, 11) is 0. The van der Waals surface area contributed by atoms with Crippen molar-refractivity contribution in [2.45, 2.75) is 13.5 Å². The minimum atomic E-state index is -0.182. The molecule has 2 aromatic heterocycles. The van der Waals surface area contributed by atoms with Gasteiger partial charge in [0.25, 0.3) is 5.91 Å². The number of rotatable bonds is 6. The minimum Gasteiger partial charge on any atom is -0.289 e. The number of fused-ring (bicyclic) bond motifs is 1. The average molecular weight is 464 g/mol. The summed E-state index contributed by atoms with van der Waals surface area (Å²) in [5.74, 6) is -0.258.